The number of aryl methyl sites for hydroxylation is 2. The molecule has 0 N–H and O–H groups in total. The molecule has 1 fully saturated rings. The Morgan fingerprint density at radius 3 is 2.87 bits per heavy atom. The predicted molar refractivity (Wildman–Crippen MR) is 92.8 cm³/mol. The second kappa shape index (κ2) is 6.37. The highest BCUT2D eigenvalue weighted by atomic mass is 35.5. The molecule has 0 atom stereocenters. The Hall–Kier alpha value is -1.79. The van der Waals surface area contributed by atoms with E-state index >= 15 is 0 Å². The number of carbonyl (C=O) groups is 1. The van der Waals surface area contributed by atoms with Crippen molar-refractivity contribution in [3.05, 3.63) is 46.1 Å². The van der Waals surface area contributed by atoms with Gasteiger partial charge in [-0.25, -0.2) is 9.98 Å². The van der Waals surface area contributed by atoms with Crippen LogP contribution < -0.4 is 0 Å². The molecule has 1 aromatic heterocycles. The molecule has 1 aliphatic rings. The van der Waals surface area contributed by atoms with Gasteiger partial charge in [-0.2, -0.15) is 0 Å². The maximum atomic E-state index is 12.7. The van der Waals surface area contributed by atoms with Gasteiger partial charge in [0.15, 0.2) is 11.1 Å². The van der Waals surface area contributed by atoms with E-state index in [-0.39, 0.29) is 11.7 Å². The predicted octanol–water partition coefficient (Wildman–Crippen LogP) is 4.13. The maximum Gasteiger partial charge on any atom is 0.297 e. The Morgan fingerprint density at radius 2 is 2.17 bits per heavy atom. The molecule has 1 aliphatic heterocycles. The summed E-state index contributed by atoms with van der Waals surface area (Å²) in [7, 11) is 0. The molecular formula is C16H16ClN3O2S. The number of benzene rings is 1. The van der Waals surface area contributed by atoms with E-state index in [0.717, 1.165) is 17.0 Å². The summed E-state index contributed by atoms with van der Waals surface area (Å²) >= 11 is 7.68. The van der Waals surface area contributed by atoms with Gasteiger partial charge >= 0.3 is 0 Å². The lowest BCUT2D eigenvalue weighted by Gasteiger charge is -2.15. The number of aliphatic imine (C=N–C) groups is 1. The quantitative estimate of drug-likeness (QED) is 0.817. The van der Waals surface area contributed by atoms with Crippen LogP contribution in [0.3, 0.4) is 0 Å². The van der Waals surface area contributed by atoms with Gasteiger partial charge in [0, 0.05) is 24.2 Å². The Kier molecular flexibility index (Phi) is 4.46. The van der Waals surface area contributed by atoms with Crippen molar-refractivity contribution in [3.63, 3.8) is 0 Å². The summed E-state index contributed by atoms with van der Waals surface area (Å²) in [5.74, 6) is 1.37. The van der Waals surface area contributed by atoms with E-state index in [0.29, 0.717) is 28.3 Å². The molecule has 7 heteroatoms. The van der Waals surface area contributed by atoms with Gasteiger partial charge < -0.3 is 4.42 Å². The van der Waals surface area contributed by atoms with Gasteiger partial charge in [-0.15, -0.1) is 0 Å². The van der Waals surface area contributed by atoms with Crippen LogP contribution in [0.2, 0.25) is 5.02 Å². The summed E-state index contributed by atoms with van der Waals surface area (Å²) in [6.07, 6.45) is 0. The Labute approximate surface area is 143 Å². The van der Waals surface area contributed by atoms with E-state index in [2.05, 4.69) is 9.98 Å². The number of thioether (sulfide) groups is 1. The number of aromatic nitrogens is 1. The molecule has 2 heterocycles. The topological polar surface area (TPSA) is 58.7 Å². The van der Waals surface area contributed by atoms with E-state index in [4.69, 9.17) is 16.0 Å². The van der Waals surface area contributed by atoms with Gasteiger partial charge in [-0.05, 0) is 31.5 Å². The van der Waals surface area contributed by atoms with Crippen molar-refractivity contribution in [2.24, 2.45) is 4.99 Å². The van der Waals surface area contributed by atoms with Crippen LogP contribution in [0.15, 0.2) is 27.6 Å². The fraction of sp³-hybridized carbons (Fsp3) is 0.312. The number of oxazole rings is 1. The molecular weight excluding hydrogens is 334 g/mol. The number of halogens is 1. The van der Waals surface area contributed by atoms with Crippen molar-refractivity contribution >= 4 is 40.1 Å². The normalized spacial score (nSPS) is 16.3. The second-order valence-corrected chi connectivity index (χ2v) is 6.70. The first kappa shape index (κ1) is 16.1. The fourth-order valence-corrected chi connectivity index (χ4v) is 3.47. The number of hydrogen-bond donors (Lipinski definition) is 0. The number of hydrogen-bond acceptors (Lipinski definition) is 5. The minimum absolute atomic E-state index is 0.202. The van der Waals surface area contributed by atoms with Crippen LogP contribution in [-0.2, 0) is 0 Å². The van der Waals surface area contributed by atoms with Gasteiger partial charge in [0.1, 0.15) is 0 Å². The number of rotatable bonds is 2. The SMILES string of the molecule is Cc1nc(C)c(C(=O)N2CCSC2=Nc2cccc(Cl)c2C)o1. The zero-order chi connectivity index (χ0) is 16.6. The van der Waals surface area contributed by atoms with E-state index in [1.54, 1.807) is 30.5 Å². The minimum Gasteiger partial charge on any atom is -0.436 e. The second-order valence-electron chi connectivity index (χ2n) is 5.23. The summed E-state index contributed by atoms with van der Waals surface area (Å²) in [5.41, 5.74) is 2.26. The molecule has 1 aromatic carbocycles. The summed E-state index contributed by atoms with van der Waals surface area (Å²) in [4.78, 5) is 23.1. The summed E-state index contributed by atoms with van der Waals surface area (Å²) < 4.78 is 5.44. The van der Waals surface area contributed by atoms with Crippen LogP contribution >= 0.6 is 23.4 Å². The molecule has 0 bridgehead atoms. The standard InChI is InChI=1S/C16H16ClN3O2S/c1-9-12(17)5-4-6-13(9)19-16-20(7-8-23-16)15(21)14-10(2)18-11(3)22-14/h4-6H,7-8H2,1-3H3. The summed E-state index contributed by atoms with van der Waals surface area (Å²) in [5, 5.41) is 1.32. The molecule has 0 radical (unpaired) electrons. The van der Waals surface area contributed by atoms with E-state index < -0.39 is 0 Å². The highest BCUT2D eigenvalue weighted by Crippen LogP contribution is 2.30. The minimum atomic E-state index is -0.202. The van der Waals surface area contributed by atoms with Crippen molar-refractivity contribution in [3.8, 4) is 0 Å². The molecule has 5 nitrogen and oxygen atoms in total. The number of nitrogens with zero attached hydrogens (tertiary/aromatic N) is 3. The van der Waals surface area contributed by atoms with Crippen molar-refractivity contribution < 1.29 is 9.21 Å². The number of carbonyl (C=O) groups excluding carboxylic acids is 1. The van der Waals surface area contributed by atoms with Crippen LogP contribution in [0.1, 0.15) is 27.7 Å². The van der Waals surface area contributed by atoms with Gasteiger partial charge in [0.25, 0.3) is 5.91 Å². The van der Waals surface area contributed by atoms with E-state index in [9.17, 15) is 4.79 Å². The Morgan fingerprint density at radius 1 is 1.39 bits per heavy atom. The van der Waals surface area contributed by atoms with Gasteiger partial charge in [-0.1, -0.05) is 29.4 Å². The lowest BCUT2D eigenvalue weighted by atomic mass is 10.2. The average Bonchev–Trinajstić information content (AvgIpc) is 3.09. The van der Waals surface area contributed by atoms with Crippen molar-refractivity contribution in [2.75, 3.05) is 12.3 Å². The van der Waals surface area contributed by atoms with Gasteiger partial charge in [0.05, 0.1) is 11.4 Å². The molecule has 0 saturated carbocycles. The van der Waals surface area contributed by atoms with Crippen LogP contribution in [0, 0.1) is 20.8 Å². The summed E-state index contributed by atoms with van der Waals surface area (Å²) in [6, 6.07) is 5.57. The molecule has 3 rings (SSSR count). The van der Waals surface area contributed by atoms with Crippen molar-refractivity contribution in [2.45, 2.75) is 20.8 Å². The van der Waals surface area contributed by atoms with Crippen LogP contribution in [-0.4, -0.2) is 33.3 Å². The summed E-state index contributed by atoms with van der Waals surface area (Å²) in [6.45, 7) is 6.01. The molecule has 0 unspecified atom stereocenters. The monoisotopic (exact) mass is 349 g/mol. The lowest BCUT2D eigenvalue weighted by molar-refractivity contribution is 0.0827. The third-order valence-corrected chi connectivity index (χ3v) is 4.94. The molecule has 0 aliphatic carbocycles. The molecule has 0 spiro atoms. The van der Waals surface area contributed by atoms with Crippen molar-refractivity contribution in [1.82, 2.24) is 9.88 Å². The first-order chi connectivity index (χ1) is 11.0. The number of amides is 1. The lowest BCUT2D eigenvalue weighted by Crippen LogP contribution is -2.31. The van der Waals surface area contributed by atoms with E-state index in [1.807, 2.05) is 25.1 Å². The third kappa shape index (κ3) is 3.14. The first-order valence-electron chi connectivity index (χ1n) is 7.20. The van der Waals surface area contributed by atoms with Crippen molar-refractivity contribution in [1.29, 1.82) is 0 Å². The Bertz CT molecular complexity index is 801. The Balaban J connectivity index is 1.94. The molecule has 1 saturated heterocycles. The molecule has 120 valence electrons. The maximum absolute atomic E-state index is 12.7. The molecule has 23 heavy (non-hydrogen) atoms. The van der Waals surface area contributed by atoms with E-state index in [1.165, 1.54) is 0 Å². The smallest absolute Gasteiger partial charge is 0.297 e. The van der Waals surface area contributed by atoms with Gasteiger partial charge in [-0.3, -0.25) is 9.69 Å². The van der Waals surface area contributed by atoms with Crippen LogP contribution in [0.4, 0.5) is 5.69 Å². The molecule has 2 aromatic rings. The highest BCUT2D eigenvalue weighted by Gasteiger charge is 2.30. The fourth-order valence-electron chi connectivity index (χ4n) is 2.36. The van der Waals surface area contributed by atoms with Crippen LogP contribution in [0.25, 0.3) is 0 Å². The van der Waals surface area contributed by atoms with Crippen LogP contribution in [0.5, 0.6) is 0 Å². The average molecular weight is 350 g/mol. The third-order valence-electron chi connectivity index (χ3n) is 3.58. The van der Waals surface area contributed by atoms with Gasteiger partial charge in [0.2, 0.25) is 5.76 Å². The first-order valence-corrected chi connectivity index (χ1v) is 8.56. The highest BCUT2D eigenvalue weighted by molar-refractivity contribution is 8.14. The largest absolute Gasteiger partial charge is 0.436 e. The number of amidine groups is 1. The molecule has 1 amide bonds. The zero-order valence-electron chi connectivity index (χ0n) is 13.1. The zero-order valence-corrected chi connectivity index (χ0v) is 14.7.